The van der Waals surface area contributed by atoms with E-state index in [9.17, 15) is 9.36 Å². The first-order chi connectivity index (χ1) is 17.5. The second-order valence-electron chi connectivity index (χ2n) is 10.9. The summed E-state index contributed by atoms with van der Waals surface area (Å²) < 4.78 is 42.2. The van der Waals surface area contributed by atoms with Crippen LogP contribution in [0.15, 0.2) is 12.1 Å². The van der Waals surface area contributed by atoms with Crippen molar-refractivity contribution in [2.75, 3.05) is 40.8 Å². The number of hydrogen-bond donors (Lipinski definition) is 1. The third kappa shape index (κ3) is 7.48. The first kappa shape index (κ1) is 29.9. The van der Waals surface area contributed by atoms with Crippen LogP contribution in [0.1, 0.15) is 64.6 Å². The molecular formula is C27H45N2O7P. The second-order valence-corrected chi connectivity index (χ2v) is 12.9. The van der Waals surface area contributed by atoms with E-state index in [0.717, 1.165) is 31.7 Å². The van der Waals surface area contributed by atoms with Crippen molar-refractivity contribution in [2.24, 2.45) is 11.8 Å². The van der Waals surface area contributed by atoms with Gasteiger partial charge >= 0.3 is 5.97 Å². The number of hydrogen-bond acceptors (Lipinski definition) is 8. The van der Waals surface area contributed by atoms with Gasteiger partial charge in [0.2, 0.25) is 0 Å². The minimum absolute atomic E-state index is 0.108. The lowest BCUT2D eigenvalue weighted by Gasteiger charge is -2.48. The fourth-order valence-electron chi connectivity index (χ4n) is 5.54. The van der Waals surface area contributed by atoms with E-state index in [1.54, 1.807) is 35.0 Å². The number of nitrogens with zero attached hydrogens (tertiary/aromatic N) is 1. The normalized spacial score (nSPS) is 24.2. The molecular weight excluding hydrogens is 495 g/mol. The van der Waals surface area contributed by atoms with Crippen LogP contribution < -0.4 is 14.6 Å². The van der Waals surface area contributed by atoms with Crippen LogP contribution >= 0.6 is 7.52 Å². The van der Waals surface area contributed by atoms with Gasteiger partial charge in [0.15, 0.2) is 11.5 Å². The van der Waals surface area contributed by atoms with Gasteiger partial charge < -0.3 is 23.5 Å². The van der Waals surface area contributed by atoms with Crippen LogP contribution in [-0.4, -0.2) is 69.9 Å². The van der Waals surface area contributed by atoms with E-state index in [0.29, 0.717) is 18.1 Å². The number of carbonyl (C=O) groups excluding carboxylic acids is 1. The quantitative estimate of drug-likeness (QED) is 0.297. The van der Waals surface area contributed by atoms with Crippen LogP contribution in [0.5, 0.6) is 11.5 Å². The van der Waals surface area contributed by atoms with Gasteiger partial charge in [-0.1, -0.05) is 13.8 Å². The second kappa shape index (κ2) is 12.9. The van der Waals surface area contributed by atoms with Crippen LogP contribution in [0.4, 0.5) is 0 Å². The molecule has 1 aromatic rings. The number of esters is 1. The summed E-state index contributed by atoms with van der Waals surface area (Å²) in [5.41, 5.74) is 2.44. The SMILES string of the molecule is COCP(=O)(NC(C)C(=O)OC(C)C)OC1CC2c3cc(OC)c(OC)cc3CCN2CC1CC(C)C. The Bertz CT molecular complexity index is 970. The zero-order valence-electron chi connectivity index (χ0n) is 23.6. The third-order valence-corrected chi connectivity index (χ3v) is 9.03. The lowest BCUT2D eigenvalue weighted by Crippen LogP contribution is -2.49. The minimum Gasteiger partial charge on any atom is -0.493 e. The van der Waals surface area contributed by atoms with Gasteiger partial charge in [-0.2, -0.15) is 0 Å². The standard InChI is InChI=1S/C27H45N2O7P/c1-17(2)11-21-15-29-10-9-20-12-25(33-7)26(34-8)13-22(20)23(29)14-24(21)36-37(31,16-32-6)28-19(5)27(30)35-18(3)4/h12-13,17-19,21,23-24H,9-11,14-16H2,1-8H3,(H,28,31). The zero-order valence-corrected chi connectivity index (χ0v) is 24.5. The van der Waals surface area contributed by atoms with E-state index in [-0.39, 0.29) is 30.5 Å². The number of nitrogens with one attached hydrogen (secondary N) is 1. The number of benzene rings is 1. The summed E-state index contributed by atoms with van der Waals surface area (Å²) in [7, 11) is 1.27. The maximum absolute atomic E-state index is 14.0. The molecule has 0 aliphatic carbocycles. The van der Waals surface area contributed by atoms with Crippen molar-refractivity contribution in [3.63, 3.8) is 0 Å². The lowest BCUT2D eigenvalue weighted by molar-refractivity contribution is -0.149. The third-order valence-electron chi connectivity index (χ3n) is 7.04. The first-order valence-electron chi connectivity index (χ1n) is 13.2. The summed E-state index contributed by atoms with van der Waals surface area (Å²) in [6, 6.07) is 3.46. The van der Waals surface area contributed by atoms with E-state index in [4.69, 9.17) is 23.5 Å². The van der Waals surface area contributed by atoms with Crippen LogP contribution in [0.25, 0.3) is 0 Å². The molecule has 5 unspecified atom stereocenters. The highest BCUT2D eigenvalue weighted by Crippen LogP contribution is 2.51. The Hall–Kier alpha value is -1.64. The van der Waals surface area contributed by atoms with E-state index in [1.807, 2.05) is 0 Å². The molecule has 37 heavy (non-hydrogen) atoms. The highest BCUT2D eigenvalue weighted by atomic mass is 31.2. The summed E-state index contributed by atoms with van der Waals surface area (Å²) in [6.45, 7) is 11.4. The van der Waals surface area contributed by atoms with Gasteiger partial charge in [0.1, 0.15) is 12.4 Å². The number of fused-ring (bicyclic) bond motifs is 3. The predicted octanol–water partition coefficient (Wildman–Crippen LogP) is 4.78. The molecule has 0 amide bonds. The Morgan fingerprint density at radius 2 is 1.78 bits per heavy atom. The summed E-state index contributed by atoms with van der Waals surface area (Å²) in [5, 5.41) is 2.93. The van der Waals surface area contributed by atoms with E-state index < -0.39 is 19.5 Å². The Balaban J connectivity index is 1.89. The highest BCUT2D eigenvalue weighted by Gasteiger charge is 2.43. The average Bonchev–Trinajstić information content (AvgIpc) is 2.82. The summed E-state index contributed by atoms with van der Waals surface area (Å²) in [5.74, 6) is 1.62. The van der Waals surface area contributed by atoms with Crippen LogP contribution in [0.2, 0.25) is 0 Å². The Labute approximate surface area is 222 Å². The van der Waals surface area contributed by atoms with E-state index in [1.165, 1.54) is 18.2 Å². The lowest BCUT2D eigenvalue weighted by atomic mass is 9.79. The molecule has 10 heteroatoms. The molecule has 0 spiro atoms. The van der Waals surface area contributed by atoms with Crippen molar-refractivity contribution in [3.8, 4) is 11.5 Å². The number of piperidine rings is 1. The molecule has 210 valence electrons. The predicted molar refractivity (Wildman–Crippen MR) is 143 cm³/mol. The van der Waals surface area contributed by atoms with E-state index in [2.05, 4.69) is 36.0 Å². The molecule has 2 aliphatic rings. The summed E-state index contributed by atoms with van der Waals surface area (Å²) in [4.78, 5) is 15.0. The molecule has 9 nitrogen and oxygen atoms in total. The van der Waals surface area contributed by atoms with Crippen molar-refractivity contribution in [1.29, 1.82) is 0 Å². The average molecular weight is 541 g/mol. The van der Waals surface area contributed by atoms with Gasteiger partial charge in [0.05, 0.1) is 26.4 Å². The molecule has 1 saturated heterocycles. The largest absolute Gasteiger partial charge is 0.493 e. The van der Waals surface area contributed by atoms with E-state index >= 15 is 0 Å². The number of rotatable bonds is 12. The molecule has 0 radical (unpaired) electrons. The minimum atomic E-state index is -3.52. The van der Waals surface area contributed by atoms with Crippen molar-refractivity contribution in [2.45, 2.75) is 78.2 Å². The first-order valence-corrected chi connectivity index (χ1v) is 15.0. The van der Waals surface area contributed by atoms with Gasteiger partial charge in [0.25, 0.3) is 7.52 Å². The topological polar surface area (TPSA) is 95.6 Å². The number of carbonyl (C=O) groups is 1. The fraction of sp³-hybridized carbons (Fsp3) is 0.741. The Morgan fingerprint density at radius 1 is 1.11 bits per heavy atom. The van der Waals surface area contributed by atoms with Crippen molar-refractivity contribution >= 4 is 13.5 Å². The molecule has 3 rings (SSSR count). The van der Waals surface area contributed by atoms with Gasteiger partial charge in [-0.15, -0.1) is 0 Å². The summed E-state index contributed by atoms with van der Waals surface area (Å²) in [6.07, 6.45) is 1.90. The molecule has 0 bridgehead atoms. The highest BCUT2D eigenvalue weighted by molar-refractivity contribution is 7.56. The molecule has 0 saturated carbocycles. The van der Waals surface area contributed by atoms with Crippen LogP contribution in [0.3, 0.4) is 0 Å². The molecule has 5 atom stereocenters. The number of ether oxygens (including phenoxy) is 4. The molecule has 1 aromatic carbocycles. The van der Waals surface area contributed by atoms with Crippen molar-refractivity contribution in [1.82, 2.24) is 9.99 Å². The van der Waals surface area contributed by atoms with Gasteiger partial charge in [-0.25, -0.2) is 5.09 Å². The zero-order chi connectivity index (χ0) is 27.3. The van der Waals surface area contributed by atoms with Crippen molar-refractivity contribution in [3.05, 3.63) is 23.3 Å². The smallest absolute Gasteiger partial charge is 0.323 e. The van der Waals surface area contributed by atoms with Crippen molar-refractivity contribution < 1.29 is 32.8 Å². The van der Waals surface area contributed by atoms with Crippen LogP contribution in [0, 0.1) is 11.8 Å². The fourth-order valence-corrected chi connectivity index (χ4v) is 7.46. The molecule has 1 N–H and O–H groups in total. The Kier molecular flexibility index (Phi) is 10.5. The molecule has 1 fully saturated rings. The summed E-state index contributed by atoms with van der Waals surface area (Å²) >= 11 is 0. The molecule has 2 aliphatic heterocycles. The molecule has 0 aromatic heterocycles. The molecule has 2 heterocycles. The van der Waals surface area contributed by atoms with Gasteiger partial charge in [-0.3, -0.25) is 14.3 Å². The van der Waals surface area contributed by atoms with Crippen LogP contribution in [-0.2, 0) is 29.8 Å². The maximum Gasteiger partial charge on any atom is 0.323 e. The Morgan fingerprint density at radius 3 is 2.38 bits per heavy atom. The van der Waals surface area contributed by atoms with Gasteiger partial charge in [-0.05, 0) is 75.1 Å². The maximum atomic E-state index is 14.0. The number of methoxy groups -OCH3 is 3. The monoisotopic (exact) mass is 540 g/mol. The van der Waals surface area contributed by atoms with Gasteiger partial charge in [0, 0.05) is 26.2 Å².